The van der Waals surface area contributed by atoms with Gasteiger partial charge in [-0.25, -0.2) is 18.4 Å². The summed E-state index contributed by atoms with van der Waals surface area (Å²) in [4.78, 5) is 20.0. The molecule has 0 unspecified atom stereocenters. The standard InChI is InChI=1S/C14H16N4O5S/c1-10-15-8-11(9-16-10)17-14(19)12-2-3-13(23-12)24(20,21)18-4-6-22-7-5-18/h2-3,8-9H,4-7H2,1H3,(H,17,19). The predicted octanol–water partition coefficient (Wildman–Crippen LogP) is 0.651. The Bertz CT molecular complexity index is 825. The van der Waals surface area contributed by atoms with Crippen molar-refractivity contribution in [2.75, 3.05) is 31.6 Å². The molecule has 9 nitrogen and oxygen atoms in total. The van der Waals surface area contributed by atoms with Gasteiger partial charge in [0.15, 0.2) is 5.76 Å². The lowest BCUT2D eigenvalue weighted by molar-refractivity contribution is 0.0723. The first-order valence-electron chi connectivity index (χ1n) is 7.24. The van der Waals surface area contributed by atoms with E-state index in [1.165, 1.54) is 28.8 Å². The molecule has 1 fully saturated rings. The summed E-state index contributed by atoms with van der Waals surface area (Å²) in [5, 5.41) is 2.27. The van der Waals surface area contributed by atoms with E-state index in [-0.39, 0.29) is 23.9 Å². The number of hydrogen-bond acceptors (Lipinski definition) is 7. The summed E-state index contributed by atoms with van der Waals surface area (Å²) in [7, 11) is -3.77. The van der Waals surface area contributed by atoms with Gasteiger partial charge in [0.25, 0.3) is 15.9 Å². The molecule has 0 saturated carbocycles. The van der Waals surface area contributed by atoms with Gasteiger partial charge in [-0.3, -0.25) is 4.79 Å². The van der Waals surface area contributed by atoms with Crippen molar-refractivity contribution < 1.29 is 22.4 Å². The van der Waals surface area contributed by atoms with Crippen molar-refractivity contribution in [3.63, 3.8) is 0 Å². The molecule has 0 spiro atoms. The fraction of sp³-hybridized carbons (Fsp3) is 0.357. The first kappa shape index (κ1) is 16.6. The van der Waals surface area contributed by atoms with Gasteiger partial charge < -0.3 is 14.5 Å². The Kier molecular flexibility index (Phi) is 4.60. The average Bonchev–Trinajstić information content (AvgIpc) is 3.09. The quantitative estimate of drug-likeness (QED) is 0.859. The number of morpholine rings is 1. The maximum atomic E-state index is 12.4. The molecular weight excluding hydrogens is 336 g/mol. The number of amides is 1. The predicted molar refractivity (Wildman–Crippen MR) is 83.0 cm³/mol. The Labute approximate surface area is 138 Å². The van der Waals surface area contributed by atoms with Crippen molar-refractivity contribution in [3.8, 4) is 0 Å². The monoisotopic (exact) mass is 352 g/mol. The number of hydrogen-bond donors (Lipinski definition) is 1. The van der Waals surface area contributed by atoms with Gasteiger partial charge >= 0.3 is 0 Å². The van der Waals surface area contributed by atoms with Crippen molar-refractivity contribution >= 4 is 21.6 Å². The number of carbonyl (C=O) groups excluding carboxylic acids is 1. The number of aromatic nitrogens is 2. The van der Waals surface area contributed by atoms with Crippen LogP contribution >= 0.6 is 0 Å². The molecular formula is C14H16N4O5S. The summed E-state index contributed by atoms with van der Waals surface area (Å²) in [5.41, 5.74) is 0.389. The van der Waals surface area contributed by atoms with Crippen LogP contribution in [0.5, 0.6) is 0 Å². The largest absolute Gasteiger partial charge is 0.438 e. The summed E-state index contributed by atoms with van der Waals surface area (Å²) >= 11 is 0. The van der Waals surface area contributed by atoms with E-state index in [9.17, 15) is 13.2 Å². The Morgan fingerprint density at radius 1 is 1.21 bits per heavy atom. The second-order valence-corrected chi connectivity index (χ2v) is 6.98. The summed E-state index contributed by atoms with van der Waals surface area (Å²) in [6.07, 6.45) is 2.91. The molecule has 1 N–H and O–H groups in total. The van der Waals surface area contributed by atoms with Gasteiger partial charge in [-0.05, 0) is 19.1 Å². The summed E-state index contributed by atoms with van der Waals surface area (Å²) in [5.74, 6) is -0.113. The van der Waals surface area contributed by atoms with Crippen molar-refractivity contribution in [1.82, 2.24) is 14.3 Å². The smallest absolute Gasteiger partial charge is 0.291 e. The van der Waals surface area contributed by atoms with E-state index < -0.39 is 15.9 Å². The van der Waals surface area contributed by atoms with Gasteiger partial charge in [0.1, 0.15) is 5.82 Å². The van der Waals surface area contributed by atoms with Gasteiger partial charge in [-0.2, -0.15) is 4.31 Å². The highest BCUT2D eigenvalue weighted by molar-refractivity contribution is 7.89. The number of nitrogens with one attached hydrogen (secondary N) is 1. The van der Waals surface area contributed by atoms with Gasteiger partial charge in [-0.15, -0.1) is 0 Å². The van der Waals surface area contributed by atoms with Crippen LogP contribution in [-0.4, -0.2) is 54.9 Å². The highest BCUT2D eigenvalue weighted by atomic mass is 32.2. The first-order chi connectivity index (χ1) is 11.5. The Balaban J connectivity index is 1.74. The highest BCUT2D eigenvalue weighted by Gasteiger charge is 2.30. The molecule has 0 atom stereocenters. The first-order valence-corrected chi connectivity index (χ1v) is 8.68. The van der Waals surface area contributed by atoms with Crippen LogP contribution < -0.4 is 5.32 Å². The molecule has 10 heteroatoms. The van der Waals surface area contributed by atoms with E-state index in [0.29, 0.717) is 24.7 Å². The van der Waals surface area contributed by atoms with E-state index in [2.05, 4.69) is 15.3 Å². The Morgan fingerprint density at radius 2 is 1.88 bits per heavy atom. The zero-order valence-corrected chi connectivity index (χ0v) is 13.7. The third-order valence-corrected chi connectivity index (χ3v) is 5.18. The molecule has 0 aromatic carbocycles. The van der Waals surface area contributed by atoms with Crippen LogP contribution in [0.3, 0.4) is 0 Å². The molecule has 128 valence electrons. The zero-order valence-electron chi connectivity index (χ0n) is 12.9. The lowest BCUT2D eigenvalue weighted by Gasteiger charge is -2.24. The van der Waals surface area contributed by atoms with Crippen molar-refractivity contribution in [2.45, 2.75) is 12.0 Å². The molecule has 1 saturated heterocycles. The van der Waals surface area contributed by atoms with Gasteiger partial charge in [0.2, 0.25) is 5.09 Å². The normalized spacial score (nSPS) is 16.0. The third kappa shape index (κ3) is 3.45. The minimum absolute atomic E-state index is 0.109. The molecule has 2 aromatic rings. The van der Waals surface area contributed by atoms with E-state index in [1.807, 2.05) is 0 Å². The maximum absolute atomic E-state index is 12.4. The van der Waals surface area contributed by atoms with Crippen molar-refractivity contribution in [3.05, 3.63) is 36.1 Å². The molecule has 3 rings (SSSR count). The molecule has 24 heavy (non-hydrogen) atoms. The topological polar surface area (TPSA) is 115 Å². The number of rotatable bonds is 4. The third-order valence-electron chi connectivity index (χ3n) is 3.41. The van der Waals surface area contributed by atoms with Gasteiger partial charge in [0, 0.05) is 13.1 Å². The minimum atomic E-state index is -3.77. The lowest BCUT2D eigenvalue weighted by atomic mass is 10.4. The minimum Gasteiger partial charge on any atom is -0.438 e. The molecule has 0 aliphatic carbocycles. The lowest BCUT2D eigenvalue weighted by Crippen LogP contribution is -2.40. The van der Waals surface area contributed by atoms with Crippen LogP contribution in [0.15, 0.2) is 34.0 Å². The van der Waals surface area contributed by atoms with E-state index in [0.717, 1.165) is 0 Å². The average molecular weight is 352 g/mol. The molecule has 2 aromatic heterocycles. The van der Waals surface area contributed by atoms with Crippen LogP contribution in [-0.2, 0) is 14.8 Å². The number of nitrogens with zero attached hydrogens (tertiary/aromatic N) is 3. The fourth-order valence-corrected chi connectivity index (χ4v) is 3.46. The van der Waals surface area contributed by atoms with E-state index in [4.69, 9.17) is 9.15 Å². The number of furan rings is 1. The molecule has 3 heterocycles. The van der Waals surface area contributed by atoms with Gasteiger partial charge in [-0.1, -0.05) is 0 Å². The summed E-state index contributed by atoms with van der Waals surface area (Å²) in [6.45, 7) is 2.90. The number of aryl methyl sites for hydroxylation is 1. The van der Waals surface area contributed by atoms with Crippen LogP contribution in [0.25, 0.3) is 0 Å². The number of anilines is 1. The SMILES string of the molecule is Cc1ncc(NC(=O)c2ccc(S(=O)(=O)N3CCOCC3)o2)cn1. The van der Waals surface area contributed by atoms with Crippen LogP contribution in [0.1, 0.15) is 16.4 Å². The molecule has 1 aliphatic rings. The van der Waals surface area contributed by atoms with E-state index in [1.54, 1.807) is 6.92 Å². The maximum Gasteiger partial charge on any atom is 0.291 e. The Hall–Kier alpha value is -2.30. The van der Waals surface area contributed by atoms with Gasteiger partial charge in [0.05, 0.1) is 31.3 Å². The van der Waals surface area contributed by atoms with Crippen molar-refractivity contribution in [1.29, 1.82) is 0 Å². The number of ether oxygens (including phenoxy) is 1. The molecule has 1 amide bonds. The number of sulfonamides is 1. The number of carbonyl (C=O) groups is 1. The van der Waals surface area contributed by atoms with E-state index >= 15 is 0 Å². The summed E-state index contributed by atoms with van der Waals surface area (Å²) in [6, 6.07) is 2.59. The van der Waals surface area contributed by atoms with Crippen LogP contribution in [0.4, 0.5) is 5.69 Å². The second kappa shape index (κ2) is 6.67. The van der Waals surface area contributed by atoms with Crippen LogP contribution in [0.2, 0.25) is 0 Å². The molecule has 1 aliphatic heterocycles. The Morgan fingerprint density at radius 3 is 2.54 bits per heavy atom. The molecule has 0 radical (unpaired) electrons. The van der Waals surface area contributed by atoms with Crippen molar-refractivity contribution in [2.24, 2.45) is 0 Å². The highest BCUT2D eigenvalue weighted by Crippen LogP contribution is 2.20. The second-order valence-electron chi connectivity index (χ2n) is 5.11. The zero-order chi connectivity index (χ0) is 17.2. The fourth-order valence-electron chi connectivity index (χ4n) is 2.14. The van der Waals surface area contributed by atoms with Crippen LogP contribution in [0, 0.1) is 6.92 Å². The molecule has 0 bridgehead atoms. The summed E-state index contributed by atoms with van der Waals surface area (Å²) < 4.78 is 36.5.